The van der Waals surface area contributed by atoms with Crippen molar-refractivity contribution in [3.63, 3.8) is 0 Å². The molecular weight excluding hydrogens is 391 g/mol. The maximum atomic E-state index is 9.74. The van der Waals surface area contributed by atoms with Gasteiger partial charge < -0.3 is 9.84 Å². The number of phenolic OH excluding ortho intramolecular Hbond substituents is 1. The van der Waals surface area contributed by atoms with E-state index in [9.17, 15) is 5.11 Å². The van der Waals surface area contributed by atoms with E-state index in [1.54, 1.807) is 6.07 Å². The van der Waals surface area contributed by atoms with Crippen LogP contribution in [0.5, 0.6) is 11.5 Å². The van der Waals surface area contributed by atoms with Gasteiger partial charge in [0.2, 0.25) is 0 Å². The fourth-order valence-electron chi connectivity index (χ4n) is 2.38. The summed E-state index contributed by atoms with van der Waals surface area (Å²) in [7, 11) is 0.0929. The molecule has 2 rings (SSSR count). The third kappa shape index (κ3) is 4.74. The lowest BCUT2D eigenvalue weighted by atomic mass is 9.96. The van der Waals surface area contributed by atoms with Gasteiger partial charge in [-0.2, -0.15) is 0 Å². The molecule has 0 amide bonds. The van der Waals surface area contributed by atoms with Crippen LogP contribution in [0.25, 0.3) is 11.1 Å². The number of hydrogen-bond donors (Lipinski definition) is 1. The van der Waals surface area contributed by atoms with E-state index in [1.807, 2.05) is 31.2 Å². The van der Waals surface area contributed by atoms with Crippen LogP contribution in [0.3, 0.4) is 0 Å². The SMILES string of the molecule is CCOc1ccc(-c2ccc(O)cc2CCC[SiH2]I)cc1. The molecule has 0 aromatic heterocycles. The van der Waals surface area contributed by atoms with Crippen LogP contribution in [-0.4, -0.2) is 18.7 Å². The van der Waals surface area contributed by atoms with Crippen LogP contribution >= 0.6 is 21.8 Å². The van der Waals surface area contributed by atoms with E-state index in [0.717, 1.165) is 12.2 Å². The zero-order chi connectivity index (χ0) is 15.1. The van der Waals surface area contributed by atoms with Gasteiger partial charge in [0.15, 0.2) is 0 Å². The van der Waals surface area contributed by atoms with Crippen LogP contribution in [0.1, 0.15) is 18.9 Å². The van der Waals surface area contributed by atoms with Crippen LogP contribution < -0.4 is 4.74 Å². The summed E-state index contributed by atoms with van der Waals surface area (Å²) >= 11 is 2.54. The number of hydrogen-bond acceptors (Lipinski definition) is 2. The van der Waals surface area contributed by atoms with Crippen LogP contribution in [0.4, 0.5) is 0 Å². The van der Waals surface area contributed by atoms with Gasteiger partial charge in [0, 0.05) is 0 Å². The molecule has 0 unspecified atom stereocenters. The van der Waals surface area contributed by atoms with Gasteiger partial charge in [-0.05, 0) is 54.3 Å². The zero-order valence-corrected chi connectivity index (χ0v) is 15.9. The molecule has 0 heterocycles. The predicted octanol–water partition coefficient (Wildman–Crippen LogP) is 4.33. The van der Waals surface area contributed by atoms with E-state index in [4.69, 9.17) is 4.74 Å². The third-order valence-electron chi connectivity index (χ3n) is 3.39. The lowest BCUT2D eigenvalue weighted by molar-refractivity contribution is 0.340. The molecule has 0 atom stereocenters. The van der Waals surface area contributed by atoms with Crippen molar-refractivity contribution >= 4 is 28.8 Å². The third-order valence-corrected chi connectivity index (χ3v) is 6.45. The fraction of sp³-hybridized carbons (Fsp3) is 0.294. The molecule has 0 aliphatic carbocycles. The summed E-state index contributed by atoms with van der Waals surface area (Å²) in [5, 5.41) is 9.74. The van der Waals surface area contributed by atoms with Crippen molar-refractivity contribution in [2.24, 2.45) is 0 Å². The van der Waals surface area contributed by atoms with Gasteiger partial charge in [0.25, 0.3) is 0 Å². The Morgan fingerprint density at radius 3 is 2.57 bits per heavy atom. The van der Waals surface area contributed by atoms with E-state index >= 15 is 0 Å². The van der Waals surface area contributed by atoms with Gasteiger partial charge >= 0.3 is 0 Å². The van der Waals surface area contributed by atoms with Gasteiger partial charge in [-0.1, -0.05) is 30.7 Å². The molecular formula is C17H21IO2Si. The van der Waals surface area contributed by atoms with Crippen molar-refractivity contribution in [3.05, 3.63) is 48.0 Å². The quantitative estimate of drug-likeness (QED) is 0.318. The predicted molar refractivity (Wildman–Crippen MR) is 100 cm³/mol. The summed E-state index contributed by atoms with van der Waals surface area (Å²) in [5.74, 6) is 1.25. The Morgan fingerprint density at radius 1 is 1.14 bits per heavy atom. The Labute approximate surface area is 141 Å². The zero-order valence-electron chi connectivity index (χ0n) is 12.3. The molecule has 2 nitrogen and oxygen atoms in total. The van der Waals surface area contributed by atoms with Crippen LogP contribution in [-0.2, 0) is 6.42 Å². The summed E-state index contributed by atoms with van der Waals surface area (Å²) in [4.78, 5) is 0. The average Bonchev–Trinajstić information content (AvgIpc) is 2.49. The van der Waals surface area contributed by atoms with Crippen molar-refractivity contribution in [1.29, 1.82) is 0 Å². The first kappa shape index (κ1) is 16.4. The van der Waals surface area contributed by atoms with E-state index in [1.165, 1.54) is 29.2 Å². The van der Waals surface area contributed by atoms with E-state index in [0.29, 0.717) is 12.4 Å². The highest BCUT2D eigenvalue weighted by atomic mass is 127. The molecule has 2 aromatic rings. The number of rotatable bonds is 7. The molecule has 0 aliphatic rings. The molecule has 0 saturated carbocycles. The molecule has 21 heavy (non-hydrogen) atoms. The van der Waals surface area contributed by atoms with E-state index in [-0.39, 0.29) is 7.02 Å². The minimum Gasteiger partial charge on any atom is -0.508 e. The second kappa shape index (κ2) is 8.43. The van der Waals surface area contributed by atoms with Crippen LogP contribution in [0.15, 0.2) is 42.5 Å². The Morgan fingerprint density at radius 2 is 1.90 bits per heavy atom. The Hall–Kier alpha value is -1.01. The van der Waals surface area contributed by atoms with Crippen LogP contribution in [0.2, 0.25) is 6.04 Å². The first-order valence-electron chi connectivity index (χ1n) is 7.35. The highest BCUT2D eigenvalue weighted by Gasteiger charge is 2.07. The van der Waals surface area contributed by atoms with Crippen molar-refractivity contribution < 1.29 is 9.84 Å². The number of halogens is 1. The maximum Gasteiger partial charge on any atom is 0.119 e. The standard InChI is InChI=1S/C17H21IO2Si/c1-2-20-16-8-5-13(6-9-16)17-10-7-15(19)12-14(17)4-3-11-21-18/h5-10,12,19H,2-4,11,21H2,1H3. The normalized spacial score (nSPS) is 11.1. The minimum absolute atomic E-state index is 0.0929. The highest BCUT2D eigenvalue weighted by molar-refractivity contribution is 14.1. The maximum absolute atomic E-state index is 9.74. The number of aromatic hydroxyl groups is 1. The molecule has 0 bridgehead atoms. The number of benzene rings is 2. The fourth-order valence-corrected chi connectivity index (χ4v) is 4.43. The molecule has 0 fully saturated rings. The first-order chi connectivity index (χ1) is 10.2. The van der Waals surface area contributed by atoms with Gasteiger partial charge in [-0.15, -0.1) is 21.8 Å². The molecule has 0 aliphatic heterocycles. The average molecular weight is 412 g/mol. The summed E-state index contributed by atoms with van der Waals surface area (Å²) in [5.41, 5.74) is 3.63. The van der Waals surface area contributed by atoms with Crippen molar-refractivity contribution in [3.8, 4) is 22.6 Å². The summed E-state index contributed by atoms with van der Waals surface area (Å²) < 4.78 is 5.49. The summed E-state index contributed by atoms with van der Waals surface area (Å²) in [6.45, 7) is 2.67. The second-order valence-corrected chi connectivity index (χ2v) is 9.27. The van der Waals surface area contributed by atoms with Crippen molar-refractivity contribution in [2.75, 3.05) is 6.61 Å². The van der Waals surface area contributed by atoms with Gasteiger partial charge in [0.05, 0.1) is 13.6 Å². The topological polar surface area (TPSA) is 29.5 Å². The molecule has 0 radical (unpaired) electrons. The summed E-state index contributed by atoms with van der Waals surface area (Å²) in [6, 6.07) is 15.2. The lowest BCUT2D eigenvalue weighted by Gasteiger charge is -2.11. The number of phenols is 1. The second-order valence-electron chi connectivity index (χ2n) is 4.94. The Balaban J connectivity index is 2.24. The number of aryl methyl sites for hydroxylation is 1. The van der Waals surface area contributed by atoms with E-state index < -0.39 is 0 Å². The highest BCUT2D eigenvalue weighted by Crippen LogP contribution is 2.29. The minimum atomic E-state index is 0.0929. The monoisotopic (exact) mass is 412 g/mol. The van der Waals surface area contributed by atoms with Crippen LogP contribution in [0, 0.1) is 0 Å². The molecule has 112 valence electrons. The molecule has 2 aromatic carbocycles. The van der Waals surface area contributed by atoms with Gasteiger partial charge in [-0.25, -0.2) is 0 Å². The number of ether oxygens (including phenoxy) is 1. The largest absolute Gasteiger partial charge is 0.508 e. The Bertz CT molecular complexity index is 570. The molecule has 0 spiro atoms. The van der Waals surface area contributed by atoms with Crippen molar-refractivity contribution in [1.82, 2.24) is 0 Å². The lowest BCUT2D eigenvalue weighted by Crippen LogP contribution is -1.93. The molecule has 1 N–H and O–H groups in total. The summed E-state index contributed by atoms with van der Waals surface area (Å²) in [6.07, 6.45) is 2.25. The van der Waals surface area contributed by atoms with Gasteiger partial charge in [0.1, 0.15) is 11.5 Å². The van der Waals surface area contributed by atoms with Crippen molar-refractivity contribution in [2.45, 2.75) is 25.8 Å². The first-order valence-corrected chi connectivity index (χ1v) is 13.5. The van der Waals surface area contributed by atoms with E-state index in [2.05, 4.69) is 33.9 Å². The van der Waals surface area contributed by atoms with Gasteiger partial charge in [-0.3, -0.25) is 0 Å². The smallest absolute Gasteiger partial charge is 0.119 e. The Kier molecular flexibility index (Phi) is 6.57. The molecule has 0 saturated heterocycles. The molecule has 4 heteroatoms.